The van der Waals surface area contributed by atoms with Crippen molar-refractivity contribution >= 4 is 46.7 Å². The summed E-state index contributed by atoms with van der Waals surface area (Å²) in [6, 6.07) is 14.1. The molecule has 12 nitrogen and oxygen atoms in total. The zero-order valence-corrected chi connectivity index (χ0v) is 30.9. The van der Waals surface area contributed by atoms with Crippen molar-refractivity contribution in [1.29, 1.82) is 0 Å². The molecule has 280 valence electrons. The molecular formula is C40H50FN9O3. The summed E-state index contributed by atoms with van der Waals surface area (Å²) < 4.78 is 18.1. The van der Waals surface area contributed by atoms with Crippen molar-refractivity contribution in [3.05, 3.63) is 71.7 Å². The van der Waals surface area contributed by atoms with Crippen LogP contribution in [0.15, 0.2) is 54.9 Å². The fourth-order valence-electron chi connectivity index (χ4n) is 8.25. The molecule has 3 aliphatic rings. The van der Waals surface area contributed by atoms with E-state index in [1.165, 1.54) is 0 Å². The third kappa shape index (κ3) is 7.90. The van der Waals surface area contributed by atoms with Crippen LogP contribution < -0.4 is 15.5 Å². The Labute approximate surface area is 310 Å². The van der Waals surface area contributed by atoms with Crippen LogP contribution in [0.25, 0.3) is 11.0 Å². The number of fused-ring (bicyclic) bond motifs is 1. The van der Waals surface area contributed by atoms with Gasteiger partial charge in [-0.1, -0.05) is 50.5 Å². The molecule has 53 heavy (non-hydrogen) atoms. The second kappa shape index (κ2) is 15.6. The molecule has 7 rings (SSSR count). The Balaban J connectivity index is 0.911. The van der Waals surface area contributed by atoms with Gasteiger partial charge in [0.25, 0.3) is 5.91 Å². The van der Waals surface area contributed by atoms with Crippen LogP contribution in [0.1, 0.15) is 91.9 Å². The summed E-state index contributed by atoms with van der Waals surface area (Å²) in [5.74, 6) is 0.357. The lowest BCUT2D eigenvalue weighted by Gasteiger charge is -2.49. The summed E-state index contributed by atoms with van der Waals surface area (Å²) in [6.45, 7) is 5.19. The van der Waals surface area contributed by atoms with Crippen LogP contribution in [-0.4, -0.2) is 99.5 Å². The minimum Gasteiger partial charge on any atom is -0.367 e. The van der Waals surface area contributed by atoms with Crippen LogP contribution in [0.3, 0.4) is 0 Å². The molecular weight excluding hydrogens is 673 g/mol. The molecule has 13 heteroatoms. The molecule has 2 saturated heterocycles. The molecule has 0 spiro atoms. The number of hydrogen-bond donors (Lipinski definition) is 2. The van der Waals surface area contributed by atoms with Crippen LogP contribution in [0.4, 0.5) is 21.8 Å². The lowest BCUT2D eigenvalue weighted by atomic mass is 9.85. The van der Waals surface area contributed by atoms with E-state index >= 15 is 4.39 Å². The highest BCUT2D eigenvalue weighted by molar-refractivity contribution is 5.98. The SMILES string of the molecule is CCCC(C(=O)NC=O)c1ccc(CC2(F)CCN(C3CN(c4ccc(Nc5ncc6cc(C(=O)N(C)C)n(C7CCCC7)c6n5)nc4)C3)CC2)cc1. The van der Waals surface area contributed by atoms with Crippen LogP contribution in [-0.2, 0) is 16.0 Å². The van der Waals surface area contributed by atoms with E-state index < -0.39 is 5.67 Å². The van der Waals surface area contributed by atoms with Crippen molar-refractivity contribution in [2.45, 2.75) is 88.4 Å². The molecule has 0 radical (unpaired) electrons. The fraction of sp³-hybridized carbons (Fsp3) is 0.500. The number of anilines is 3. The van der Waals surface area contributed by atoms with Gasteiger partial charge in [0.15, 0.2) is 0 Å². The van der Waals surface area contributed by atoms with Gasteiger partial charge in [0, 0.05) is 70.4 Å². The van der Waals surface area contributed by atoms with Gasteiger partial charge in [-0.25, -0.2) is 14.4 Å². The summed E-state index contributed by atoms with van der Waals surface area (Å²) >= 11 is 0. The normalized spacial score (nSPS) is 18.5. The number of rotatable bonds is 13. The lowest BCUT2D eigenvalue weighted by molar-refractivity contribution is -0.126. The minimum absolute atomic E-state index is 0.0348. The second-order valence-electron chi connectivity index (χ2n) is 15.2. The molecule has 1 atom stereocenters. The second-order valence-corrected chi connectivity index (χ2v) is 15.2. The Hall–Kier alpha value is -4.91. The van der Waals surface area contributed by atoms with E-state index in [0.717, 1.165) is 86.1 Å². The van der Waals surface area contributed by atoms with Crippen molar-refractivity contribution in [3.8, 4) is 0 Å². The van der Waals surface area contributed by atoms with Crippen molar-refractivity contribution in [3.63, 3.8) is 0 Å². The Morgan fingerprint density at radius 2 is 1.75 bits per heavy atom. The maximum atomic E-state index is 16.0. The predicted molar refractivity (Wildman–Crippen MR) is 203 cm³/mol. The monoisotopic (exact) mass is 723 g/mol. The van der Waals surface area contributed by atoms with E-state index in [1.807, 2.05) is 55.6 Å². The summed E-state index contributed by atoms with van der Waals surface area (Å²) in [7, 11) is 3.54. The summed E-state index contributed by atoms with van der Waals surface area (Å²) in [5.41, 5.74) is 2.96. The maximum Gasteiger partial charge on any atom is 0.270 e. The van der Waals surface area contributed by atoms with Crippen molar-refractivity contribution in [1.82, 2.24) is 34.6 Å². The number of nitrogens with zero attached hydrogens (tertiary/aromatic N) is 7. The number of pyridine rings is 1. The molecule has 0 bridgehead atoms. The van der Waals surface area contributed by atoms with Gasteiger partial charge in [0.2, 0.25) is 18.3 Å². The minimum atomic E-state index is -1.26. The van der Waals surface area contributed by atoms with Crippen molar-refractivity contribution in [2.24, 2.45) is 0 Å². The summed E-state index contributed by atoms with van der Waals surface area (Å²) in [4.78, 5) is 56.5. The molecule has 2 N–H and O–H groups in total. The maximum absolute atomic E-state index is 16.0. The van der Waals surface area contributed by atoms with E-state index in [0.29, 0.717) is 55.6 Å². The van der Waals surface area contributed by atoms with Crippen LogP contribution in [0.5, 0.6) is 0 Å². The molecule has 1 saturated carbocycles. The number of hydrogen-bond acceptors (Lipinski definition) is 9. The van der Waals surface area contributed by atoms with Gasteiger partial charge < -0.3 is 19.7 Å². The number of halogens is 1. The highest BCUT2D eigenvalue weighted by Crippen LogP contribution is 2.36. The predicted octanol–water partition coefficient (Wildman–Crippen LogP) is 5.78. The van der Waals surface area contributed by atoms with E-state index in [1.54, 1.807) is 25.2 Å². The summed E-state index contributed by atoms with van der Waals surface area (Å²) in [6.07, 6.45) is 11.2. The van der Waals surface area contributed by atoms with Gasteiger partial charge in [-0.05, 0) is 61.4 Å². The lowest BCUT2D eigenvalue weighted by Crippen LogP contribution is -2.62. The average Bonchev–Trinajstić information content (AvgIpc) is 3.80. The quantitative estimate of drug-likeness (QED) is 0.165. The van der Waals surface area contributed by atoms with Gasteiger partial charge in [-0.2, -0.15) is 4.98 Å². The highest BCUT2D eigenvalue weighted by Gasteiger charge is 2.40. The summed E-state index contributed by atoms with van der Waals surface area (Å²) in [5, 5.41) is 6.37. The van der Waals surface area contributed by atoms with Gasteiger partial charge >= 0.3 is 0 Å². The zero-order chi connectivity index (χ0) is 37.1. The van der Waals surface area contributed by atoms with E-state index in [2.05, 4.69) is 35.0 Å². The Morgan fingerprint density at radius 3 is 2.40 bits per heavy atom. The number of benzene rings is 1. The standard InChI is InChI=1S/C40H50FN9O3/c1-4-7-33(37(52)44-26-51)28-12-10-27(11-13-28)21-40(41)16-18-48(19-17-40)32-24-49(25-32)31-14-15-35(42-23-31)45-39-43-22-29-20-34(38(53)47(2)3)50(36(29)46-39)30-8-5-6-9-30/h10-15,20,22-23,26,30,32-33H,4-9,16-19,21,24-25H2,1-3H3,(H,44,51,52)(H,42,43,45,46). The first-order valence-electron chi connectivity index (χ1n) is 19.0. The number of nitrogens with one attached hydrogen (secondary N) is 2. The third-order valence-corrected chi connectivity index (χ3v) is 11.3. The van der Waals surface area contributed by atoms with Gasteiger partial charge in [-0.3, -0.25) is 24.6 Å². The largest absolute Gasteiger partial charge is 0.367 e. The van der Waals surface area contributed by atoms with Crippen LogP contribution in [0, 0.1) is 0 Å². The van der Waals surface area contributed by atoms with Gasteiger partial charge in [-0.15, -0.1) is 0 Å². The molecule has 1 aromatic carbocycles. The fourth-order valence-corrected chi connectivity index (χ4v) is 8.25. The first kappa shape index (κ1) is 36.4. The first-order valence-corrected chi connectivity index (χ1v) is 19.0. The van der Waals surface area contributed by atoms with E-state index in [9.17, 15) is 14.4 Å². The number of carbonyl (C=O) groups is 3. The van der Waals surface area contributed by atoms with Crippen LogP contribution >= 0.6 is 0 Å². The van der Waals surface area contributed by atoms with Gasteiger partial charge in [0.1, 0.15) is 22.8 Å². The third-order valence-electron chi connectivity index (χ3n) is 11.3. The molecule has 3 aromatic heterocycles. The number of likely N-dealkylation sites (tertiary alicyclic amines) is 1. The first-order chi connectivity index (χ1) is 25.6. The van der Waals surface area contributed by atoms with Crippen LogP contribution in [0.2, 0.25) is 0 Å². The Bertz CT molecular complexity index is 1910. The number of amides is 3. The number of aromatic nitrogens is 4. The number of imide groups is 1. The molecule has 2 aliphatic heterocycles. The number of piperidine rings is 1. The van der Waals surface area contributed by atoms with E-state index in [-0.39, 0.29) is 23.8 Å². The van der Waals surface area contributed by atoms with Gasteiger partial charge in [0.05, 0.1) is 17.8 Å². The number of alkyl halides is 1. The topological polar surface area (TPSA) is 129 Å². The number of carbonyl (C=O) groups excluding carboxylic acids is 3. The highest BCUT2D eigenvalue weighted by atomic mass is 19.1. The smallest absolute Gasteiger partial charge is 0.270 e. The van der Waals surface area contributed by atoms with Crippen molar-refractivity contribution < 1.29 is 18.8 Å². The van der Waals surface area contributed by atoms with E-state index in [4.69, 9.17) is 4.98 Å². The Kier molecular flexibility index (Phi) is 10.7. The molecule has 3 fully saturated rings. The Morgan fingerprint density at radius 1 is 1.02 bits per heavy atom. The molecule has 5 heterocycles. The van der Waals surface area contributed by atoms with Crippen molar-refractivity contribution in [2.75, 3.05) is 50.5 Å². The molecule has 1 unspecified atom stereocenters. The molecule has 3 amide bonds. The average molecular weight is 724 g/mol. The zero-order valence-electron chi connectivity index (χ0n) is 30.9. The molecule has 1 aliphatic carbocycles. The molecule has 4 aromatic rings.